The highest BCUT2D eigenvalue weighted by atomic mass is 79.9. The smallest absolute Gasteiger partial charge is 0.112 e. The maximum atomic E-state index is 13.1. The Hall–Kier alpha value is -1.50. The lowest BCUT2D eigenvalue weighted by Gasteiger charge is -2.27. The summed E-state index contributed by atoms with van der Waals surface area (Å²) in [4.78, 5) is 0. The molecule has 3 aromatic carbocycles. The summed E-state index contributed by atoms with van der Waals surface area (Å²) < 4.78 is 13.1. The van der Waals surface area contributed by atoms with Crippen LogP contribution in [-0.2, 0) is 0 Å². The number of hydrogen-bond donors (Lipinski definition) is 0. The second kappa shape index (κ2) is 9.11. The van der Waals surface area contributed by atoms with Crippen molar-refractivity contribution in [2.75, 3.05) is 12.8 Å². The maximum Gasteiger partial charge on any atom is 0.112 e. The third-order valence-corrected chi connectivity index (χ3v) is 8.74. The summed E-state index contributed by atoms with van der Waals surface area (Å²) in [7, 11) is -1.81. The van der Waals surface area contributed by atoms with E-state index >= 15 is 0 Å². The fourth-order valence-corrected chi connectivity index (χ4v) is 7.49. The van der Waals surface area contributed by atoms with E-state index in [1.165, 1.54) is 15.9 Å². The zero-order valence-electron chi connectivity index (χ0n) is 13.5. The van der Waals surface area contributed by atoms with Gasteiger partial charge in [0, 0.05) is 6.42 Å². The van der Waals surface area contributed by atoms with Gasteiger partial charge in [0.2, 0.25) is 0 Å². The highest BCUT2D eigenvalue weighted by molar-refractivity contribution is 7.95. The zero-order chi connectivity index (χ0) is 16.0. The first kappa shape index (κ1) is 18.8. The van der Waals surface area contributed by atoms with Gasteiger partial charge in [-0.25, -0.2) is 0 Å². The molecule has 3 rings (SSSR count). The summed E-state index contributed by atoms with van der Waals surface area (Å²) in [6.45, 7) is -0.270. The Morgan fingerprint density at radius 2 is 0.917 bits per heavy atom. The van der Waals surface area contributed by atoms with Crippen molar-refractivity contribution in [2.24, 2.45) is 0 Å². The van der Waals surface area contributed by atoms with Crippen molar-refractivity contribution in [1.29, 1.82) is 0 Å². The van der Waals surface area contributed by atoms with E-state index in [4.69, 9.17) is 0 Å². The minimum absolute atomic E-state index is 0. The topological polar surface area (TPSA) is 0 Å². The Morgan fingerprint density at radius 1 is 0.583 bits per heavy atom. The molecule has 0 aromatic heterocycles. The van der Waals surface area contributed by atoms with Crippen LogP contribution in [0.15, 0.2) is 91.0 Å². The lowest BCUT2D eigenvalue weighted by molar-refractivity contribution is -0.00000502. The Labute approximate surface area is 154 Å². The molecule has 3 aromatic rings. The lowest BCUT2D eigenvalue weighted by atomic mass is 10.4. The molecule has 0 aliphatic rings. The molecule has 0 aliphatic carbocycles. The number of benzene rings is 3. The fraction of sp³-hybridized carbons (Fsp3) is 0.143. The monoisotopic (exact) mass is 402 g/mol. The highest BCUT2D eigenvalue weighted by Gasteiger charge is 2.44. The first-order valence-corrected chi connectivity index (χ1v) is 9.96. The van der Waals surface area contributed by atoms with Crippen LogP contribution in [0.5, 0.6) is 0 Å². The van der Waals surface area contributed by atoms with E-state index in [2.05, 4.69) is 72.8 Å². The van der Waals surface area contributed by atoms with Gasteiger partial charge in [0.05, 0.1) is 12.8 Å². The average molecular weight is 403 g/mol. The van der Waals surface area contributed by atoms with Crippen molar-refractivity contribution in [3.05, 3.63) is 91.0 Å². The third kappa shape index (κ3) is 3.77. The van der Waals surface area contributed by atoms with Crippen LogP contribution >= 0.6 is 7.26 Å². The van der Waals surface area contributed by atoms with Crippen LogP contribution in [0.2, 0.25) is 0 Å². The van der Waals surface area contributed by atoms with Crippen molar-refractivity contribution in [3.8, 4) is 0 Å². The summed E-state index contributed by atoms with van der Waals surface area (Å²) in [5.41, 5.74) is 0. The molecule has 0 radical (unpaired) electrons. The van der Waals surface area contributed by atoms with E-state index in [1.54, 1.807) is 0 Å². The SMILES string of the molecule is FCCC[P+](c1ccccc1)(c1ccccc1)c1ccccc1.[Br-]. The molecular weight excluding hydrogens is 382 g/mol. The van der Waals surface area contributed by atoms with Crippen LogP contribution in [-0.4, -0.2) is 12.8 Å². The molecule has 0 N–H and O–H groups in total. The molecule has 0 fully saturated rings. The third-order valence-electron chi connectivity index (χ3n) is 4.22. The van der Waals surface area contributed by atoms with E-state index in [0.717, 1.165) is 6.16 Å². The zero-order valence-corrected chi connectivity index (χ0v) is 16.0. The van der Waals surface area contributed by atoms with Gasteiger partial charge in [-0.2, -0.15) is 0 Å². The molecule has 0 unspecified atom stereocenters. The molecule has 0 saturated carbocycles. The van der Waals surface area contributed by atoms with Crippen LogP contribution in [0.3, 0.4) is 0 Å². The van der Waals surface area contributed by atoms with Gasteiger partial charge in [0.1, 0.15) is 23.2 Å². The van der Waals surface area contributed by atoms with Gasteiger partial charge in [-0.15, -0.1) is 0 Å². The minimum atomic E-state index is -1.81. The molecule has 0 bridgehead atoms. The standard InChI is InChI=1S/C21H21FP.BrH/c22-17-10-18-23(19-11-4-1-5-12-19,20-13-6-2-7-14-20)21-15-8-3-9-16-21;/h1-9,11-16H,10,17-18H2;1H/q+1;/p-1. The van der Waals surface area contributed by atoms with Crippen LogP contribution in [0.25, 0.3) is 0 Å². The molecule has 0 saturated heterocycles. The number of hydrogen-bond acceptors (Lipinski definition) is 0. The lowest BCUT2D eigenvalue weighted by Crippen LogP contribution is -3.00. The van der Waals surface area contributed by atoms with Gasteiger partial charge in [-0.3, -0.25) is 4.39 Å². The fourth-order valence-electron chi connectivity index (χ4n) is 3.18. The van der Waals surface area contributed by atoms with Crippen molar-refractivity contribution in [3.63, 3.8) is 0 Å². The van der Waals surface area contributed by atoms with Crippen molar-refractivity contribution in [1.82, 2.24) is 0 Å². The molecular formula is C21H21BrFP. The number of alkyl halides is 1. The van der Waals surface area contributed by atoms with Gasteiger partial charge in [0.15, 0.2) is 0 Å². The van der Waals surface area contributed by atoms with E-state index in [9.17, 15) is 4.39 Å². The molecule has 0 amide bonds. The van der Waals surface area contributed by atoms with Gasteiger partial charge in [-0.05, 0) is 36.4 Å². The first-order chi connectivity index (χ1) is 11.4. The van der Waals surface area contributed by atoms with Crippen molar-refractivity contribution >= 4 is 23.2 Å². The quantitative estimate of drug-likeness (QED) is 0.546. The van der Waals surface area contributed by atoms with Gasteiger partial charge >= 0.3 is 0 Å². The summed E-state index contributed by atoms with van der Waals surface area (Å²) in [5, 5.41) is 3.97. The molecule has 3 heteroatoms. The van der Waals surface area contributed by atoms with Crippen molar-refractivity contribution < 1.29 is 21.4 Å². The molecule has 0 nitrogen and oxygen atoms in total. The minimum Gasteiger partial charge on any atom is -1.00 e. The Kier molecular flexibility index (Phi) is 7.15. The number of halogens is 2. The maximum absolute atomic E-state index is 13.1. The van der Waals surface area contributed by atoms with Crippen LogP contribution in [0, 0.1) is 0 Å². The highest BCUT2D eigenvalue weighted by Crippen LogP contribution is 2.55. The summed E-state index contributed by atoms with van der Waals surface area (Å²) in [6.07, 6.45) is 1.45. The van der Waals surface area contributed by atoms with E-state index in [-0.39, 0.29) is 23.7 Å². The van der Waals surface area contributed by atoms with Crippen molar-refractivity contribution in [2.45, 2.75) is 6.42 Å². The van der Waals surface area contributed by atoms with Gasteiger partial charge in [0.25, 0.3) is 0 Å². The predicted molar refractivity (Wildman–Crippen MR) is 101 cm³/mol. The van der Waals surface area contributed by atoms with Crippen LogP contribution in [0.4, 0.5) is 4.39 Å². The predicted octanol–water partition coefficient (Wildman–Crippen LogP) is 1.34. The van der Waals surface area contributed by atoms with E-state index in [1.807, 2.05) is 18.2 Å². The van der Waals surface area contributed by atoms with Crippen LogP contribution in [0.1, 0.15) is 6.42 Å². The second-order valence-electron chi connectivity index (χ2n) is 5.58. The Morgan fingerprint density at radius 3 is 1.21 bits per heavy atom. The molecule has 0 aliphatic heterocycles. The van der Waals surface area contributed by atoms with E-state index in [0.29, 0.717) is 6.42 Å². The summed E-state index contributed by atoms with van der Waals surface area (Å²) in [6, 6.07) is 31.9. The molecule has 124 valence electrons. The molecule has 0 spiro atoms. The van der Waals surface area contributed by atoms with Gasteiger partial charge in [-0.1, -0.05) is 54.6 Å². The Bertz CT molecular complexity index is 620. The van der Waals surface area contributed by atoms with Gasteiger partial charge < -0.3 is 17.0 Å². The largest absolute Gasteiger partial charge is 1.00 e. The molecule has 0 atom stereocenters. The first-order valence-electron chi connectivity index (χ1n) is 7.99. The van der Waals surface area contributed by atoms with Crippen LogP contribution < -0.4 is 32.9 Å². The molecule has 0 heterocycles. The number of rotatable bonds is 6. The van der Waals surface area contributed by atoms with E-state index < -0.39 is 7.26 Å². The average Bonchev–Trinajstić information content (AvgIpc) is 2.65. The summed E-state index contributed by atoms with van der Waals surface area (Å²) >= 11 is 0. The molecule has 24 heavy (non-hydrogen) atoms. The second-order valence-corrected chi connectivity index (χ2v) is 9.20. The Balaban J connectivity index is 0.00000208. The normalized spacial score (nSPS) is 10.9. The summed E-state index contributed by atoms with van der Waals surface area (Å²) in [5.74, 6) is 0.